The largest absolute Gasteiger partial charge is 0.573 e. The van der Waals surface area contributed by atoms with Crippen LogP contribution in [0.15, 0.2) is 59.5 Å². The Balaban J connectivity index is 1.24. The van der Waals surface area contributed by atoms with Crippen molar-refractivity contribution in [2.24, 2.45) is 23.2 Å². The van der Waals surface area contributed by atoms with Crippen LogP contribution in [-0.4, -0.2) is 16.8 Å². The maximum Gasteiger partial charge on any atom is 0.573 e. The van der Waals surface area contributed by atoms with Crippen molar-refractivity contribution >= 4 is 22.4 Å². The highest BCUT2D eigenvalue weighted by molar-refractivity contribution is 6.04. The summed E-state index contributed by atoms with van der Waals surface area (Å²) in [7, 11) is 0. The lowest BCUT2D eigenvalue weighted by Crippen LogP contribution is -2.37. The monoisotopic (exact) mass is 482 g/mol. The smallest absolute Gasteiger partial charge is 0.406 e. The number of benzene rings is 2. The van der Waals surface area contributed by atoms with E-state index in [2.05, 4.69) is 10.1 Å². The van der Waals surface area contributed by atoms with E-state index in [0.29, 0.717) is 39.8 Å². The number of carbonyl (C=O) groups is 1. The SMILES string of the molecule is O=C(Nc1cccc2c(=O)n(Cc3ccc(OC(F)(F)F)cc3)ccc12)C12C[C@@H]3CC1C[C@@H](C3)C2. The molecular formula is C27H25F3N2O3. The molecule has 1 aromatic heterocycles. The van der Waals surface area contributed by atoms with Gasteiger partial charge in [0.2, 0.25) is 5.91 Å². The van der Waals surface area contributed by atoms with Gasteiger partial charge in [-0.15, -0.1) is 13.2 Å². The van der Waals surface area contributed by atoms with Gasteiger partial charge in [-0.05, 0) is 85.8 Å². The van der Waals surface area contributed by atoms with Crippen molar-refractivity contribution in [2.45, 2.75) is 45.0 Å². The number of pyridine rings is 1. The number of nitrogens with zero attached hydrogens (tertiary/aromatic N) is 1. The van der Waals surface area contributed by atoms with Crippen LogP contribution >= 0.6 is 0 Å². The number of rotatable bonds is 5. The normalized spacial score (nSPS) is 26.9. The molecule has 0 aliphatic heterocycles. The van der Waals surface area contributed by atoms with Crippen LogP contribution in [-0.2, 0) is 11.3 Å². The summed E-state index contributed by atoms with van der Waals surface area (Å²) < 4.78 is 42.5. The Morgan fingerprint density at radius 3 is 2.40 bits per heavy atom. The molecule has 1 amide bonds. The number of alkyl halides is 3. The van der Waals surface area contributed by atoms with Gasteiger partial charge in [0.25, 0.3) is 5.56 Å². The quantitative estimate of drug-likeness (QED) is 0.507. The van der Waals surface area contributed by atoms with Crippen molar-refractivity contribution in [1.82, 2.24) is 4.57 Å². The minimum absolute atomic E-state index is 0.0880. The fourth-order valence-electron chi connectivity index (χ4n) is 6.96. The van der Waals surface area contributed by atoms with E-state index in [9.17, 15) is 22.8 Å². The molecule has 4 saturated carbocycles. The average Bonchev–Trinajstić information content (AvgIpc) is 3.21. The average molecular weight is 483 g/mol. The molecule has 4 fully saturated rings. The van der Waals surface area contributed by atoms with Gasteiger partial charge >= 0.3 is 6.36 Å². The number of aromatic nitrogens is 1. The summed E-state index contributed by atoms with van der Waals surface area (Å²) in [4.78, 5) is 26.6. The van der Waals surface area contributed by atoms with E-state index in [1.165, 1.54) is 35.3 Å². The number of amides is 1. The Morgan fingerprint density at radius 1 is 1.00 bits per heavy atom. The number of hydrogen-bond acceptors (Lipinski definition) is 3. The first kappa shape index (κ1) is 22.2. The third-order valence-corrected chi connectivity index (χ3v) is 8.22. The van der Waals surface area contributed by atoms with E-state index >= 15 is 0 Å². The fraction of sp³-hybridized carbons (Fsp3) is 0.407. The van der Waals surface area contributed by atoms with Gasteiger partial charge in [0.05, 0.1) is 12.0 Å². The fourth-order valence-corrected chi connectivity index (χ4v) is 6.96. The zero-order valence-electron chi connectivity index (χ0n) is 19.0. The molecule has 5 nitrogen and oxygen atoms in total. The molecule has 7 rings (SSSR count). The van der Waals surface area contributed by atoms with Crippen LogP contribution in [0.2, 0.25) is 0 Å². The van der Waals surface area contributed by atoms with Crippen molar-refractivity contribution in [3.63, 3.8) is 0 Å². The molecule has 8 heteroatoms. The molecule has 2 aromatic carbocycles. The van der Waals surface area contributed by atoms with Crippen LogP contribution in [0.3, 0.4) is 0 Å². The summed E-state index contributed by atoms with van der Waals surface area (Å²) in [5.74, 6) is 1.60. The Hall–Kier alpha value is -3.29. The molecule has 0 spiro atoms. The van der Waals surface area contributed by atoms with E-state index in [1.54, 1.807) is 18.3 Å². The van der Waals surface area contributed by atoms with E-state index in [-0.39, 0.29) is 29.2 Å². The minimum atomic E-state index is -4.75. The first-order valence-corrected chi connectivity index (χ1v) is 12.0. The van der Waals surface area contributed by atoms with Gasteiger partial charge in [-0.25, -0.2) is 0 Å². The van der Waals surface area contributed by atoms with Crippen molar-refractivity contribution in [3.8, 4) is 5.75 Å². The molecule has 0 radical (unpaired) electrons. The predicted octanol–water partition coefficient (Wildman–Crippen LogP) is 5.71. The van der Waals surface area contributed by atoms with Gasteiger partial charge in [-0.3, -0.25) is 9.59 Å². The molecular weight excluding hydrogens is 457 g/mol. The molecule has 1 N–H and O–H groups in total. The van der Waals surface area contributed by atoms with Crippen LogP contribution < -0.4 is 15.6 Å². The lowest BCUT2D eigenvalue weighted by atomic mass is 9.75. The predicted molar refractivity (Wildman–Crippen MR) is 125 cm³/mol. The number of hydrogen-bond donors (Lipinski definition) is 1. The number of ether oxygens (including phenoxy) is 1. The summed E-state index contributed by atoms with van der Waals surface area (Å²) in [6.45, 7) is 0.200. The van der Waals surface area contributed by atoms with Crippen molar-refractivity contribution < 1.29 is 22.7 Å². The van der Waals surface area contributed by atoms with Crippen LogP contribution in [0.25, 0.3) is 10.8 Å². The molecule has 182 valence electrons. The highest BCUT2D eigenvalue weighted by Gasteiger charge is 2.61. The highest BCUT2D eigenvalue weighted by atomic mass is 19.4. The van der Waals surface area contributed by atoms with Crippen molar-refractivity contribution in [2.75, 3.05) is 5.32 Å². The molecule has 3 aromatic rings. The summed E-state index contributed by atoms with van der Waals surface area (Å²) in [6.07, 6.45) is 2.44. The Labute approximate surface area is 199 Å². The topological polar surface area (TPSA) is 60.3 Å². The summed E-state index contributed by atoms with van der Waals surface area (Å²) in [5, 5.41) is 4.33. The van der Waals surface area contributed by atoms with Gasteiger partial charge in [0.15, 0.2) is 0 Å². The molecule has 4 aliphatic rings. The Kier molecular flexibility index (Phi) is 4.99. The van der Waals surface area contributed by atoms with E-state index < -0.39 is 6.36 Å². The third-order valence-electron chi connectivity index (χ3n) is 8.22. The number of halogens is 3. The lowest BCUT2D eigenvalue weighted by Gasteiger charge is -2.31. The summed E-state index contributed by atoms with van der Waals surface area (Å²) in [5.41, 5.74) is 0.822. The maximum atomic E-state index is 13.5. The second-order valence-electron chi connectivity index (χ2n) is 10.4. The number of anilines is 1. The standard InChI is InChI=1S/C27H25F3N2O3/c28-27(29,30)35-20-6-4-16(5-7-20)15-32-9-8-21-22(24(32)33)2-1-3-23(21)31-25(34)26-13-17-10-18(14-26)12-19(26)11-17/h1-9,17-19H,10-15H2,(H,31,34)/t17-,18+,19?,26?. The number of fused-ring (bicyclic) bond motifs is 1. The Bertz CT molecular complexity index is 1350. The molecule has 1 heterocycles. The third kappa shape index (κ3) is 3.89. The highest BCUT2D eigenvalue weighted by Crippen LogP contribution is 2.65. The van der Waals surface area contributed by atoms with Crippen molar-refractivity contribution in [3.05, 3.63) is 70.6 Å². The second-order valence-corrected chi connectivity index (χ2v) is 10.4. The van der Waals surface area contributed by atoms with Gasteiger partial charge < -0.3 is 14.6 Å². The zero-order chi connectivity index (χ0) is 24.4. The van der Waals surface area contributed by atoms with Gasteiger partial charge in [0, 0.05) is 22.7 Å². The van der Waals surface area contributed by atoms with Crippen LogP contribution in [0, 0.1) is 23.2 Å². The second kappa shape index (κ2) is 7.86. The molecule has 4 atom stereocenters. The molecule has 35 heavy (non-hydrogen) atoms. The van der Waals surface area contributed by atoms with E-state index in [1.807, 2.05) is 12.1 Å². The number of nitrogens with one attached hydrogen (secondary N) is 1. The minimum Gasteiger partial charge on any atom is -0.406 e. The molecule has 4 bridgehead atoms. The van der Waals surface area contributed by atoms with Gasteiger partial charge in [0.1, 0.15) is 5.75 Å². The van der Waals surface area contributed by atoms with Crippen molar-refractivity contribution in [1.29, 1.82) is 0 Å². The number of carbonyl (C=O) groups excluding carboxylic acids is 1. The van der Waals surface area contributed by atoms with E-state index in [0.717, 1.165) is 25.7 Å². The Morgan fingerprint density at radius 2 is 1.71 bits per heavy atom. The first-order chi connectivity index (χ1) is 16.7. The summed E-state index contributed by atoms with van der Waals surface area (Å²) >= 11 is 0. The van der Waals surface area contributed by atoms with E-state index in [4.69, 9.17) is 0 Å². The van der Waals surface area contributed by atoms with Crippen LogP contribution in [0.1, 0.15) is 37.7 Å². The molecule has 2 unspecified atom stereocenters. The molecule has 4 aliphatic carbocycles. The maximum absolute atomic E-state index is 13.5. The first-order valence-electron chi connectivity index (χ1n) is 12.0. The van der Waals surface area contributed by atoms with Gasteiger partial charge in [-0.2, -0.15) is 0 Å². The van der Waals surface area contributed by atoms with Gasteiger partial charge in [-0.1, -0.05) is 18.2 Å². The summed E-state index contributed by atoms with van der Waals surface area (Å²) in [6, 6.07) is 12.6. The van der Waals surface area contributed by atoms with Crippen LogP contribution in [0.5, 0.6) is 5.75 Å². The molecule has 0 saturated heterocycles. The lowest BCUT2D eigenvalue weighted by molar-refractivity contribution is -0.274. The zero-order valence-corrected chi connectivity index (χ0v) is 19.0. The van der Waals surface area contributed by atoms with Crippen LogP contribution in [0.4, 0.5) is 18.9 Å².